The van der Waals surface area contributed by atoms with Crippen LogP contribution in [0.25, 0.3) is 0 Å². The van der Waals surface area contributed by atoms with E-state index in [-0.39, 0.29) is 6.03 Å². The molecule has 1 saturated carbocycles. The predicted octanol–water partition coefficient (Wildman–Crippen LogP) is 2.15. The van der Waals surface area contributed by atoms with E-state index in [0.29, 0.717) is 12.1 Å². The Morgan fingerprint density at radius 2 is 1.83 bits per heavy atom. The van der Waals surface area contributed by atoms with Crippen molar-refractivity contribution in [2.24, 2.45) is 0 Å². The van der Waals surface area contributed by atoms with Crippen LogP contribution in [0.3, 0.4) is 0 Å². The first-order valence-corrected chi connectivity index (χ1v) is 7.62. The maximum atomic E-state index is 11.7. The van der Waals surface area contributed by atoms with E-state index in [9.17, 15) is 4.79 Å². The molecule has 0 aromatic heterocycles. The minimum Gasteiger partial charge on any atom is -0.338 e. The lowest BCUT2D eigenvalue weighted by Crippen LogP contribution is -2.44. The molecule has 0 aromatic carbocycles. The minimum atomic E-state index is 0.0257. The molecule has 2 fully saturated rings. The van der Waals surface area contributed by atoms with Gasteiger partial charge in [0.25, 0.3) is 0 Å². The lowest BCUT2D eigenvalue weighted by Gasteiger charge is -2.25. The maximum Gasteiger partial charge on any atom is 0.315 e. The van der Waals surface area contributed by atoms with Crippen molar-refractivity contribution in [1.29, 1.82) is 0 Å². The normalized spacial score (nSPS) is 25.7. The second-order valence-electron chi connectivity index (χ2n) is 5.67. The van der Waals surface area contributed by atoms with Crippen molar-refractivity contribution in [2.45, 2.75) is 69.9 Å². The largest absolute Gasteiger partial charge is 0.338 e. The van der Waals surface area contributed by atoms with E-state index < -0.39 is 0 Å². The van der Waals surface area contributed by atoms with Crippen LogP contribution in [0.5, 0.6) is 0 Å². The first kappa shape index (κ1) is 13.7. The third-order valence-electron chi connectivity index (χ3n) is 4.13. The van der Waals surface area contributed by atoms with Crippen LogP contribution in [0.15, 0.2) is 0 Å². The van der Waals surface area contributed by atoms with E-state index in [2.05, 4.69) is 16.0 Å². The highest BCUT2D eigenvalue weighted by molar-refractivity contribution is 5.74. The van der Waals surface area contributed by atoms with E-state index in [4.69, 9.17) is 0 Å². The summed E-state index contributed by atoms with van der Waals surface area (Å²) in [6.45, 7) is 1.93. The molecular formula is C14H27N3O. The third-order valence-corrected chi connectivity index (χ3v) is 4.13. The second kappa shape index (κ2) is 7.62. The monoisotopic (exact) mass is 253 g/mol. The van der Waals surface area contributed by atoms with Gasteiger partial charge in [0.05, 0.1) is 0 Å². The number of piperidine rings is 1. The van der Waals surface area contributed by atoms with Gasteiger partial charge < -0.3 is 16.0 Å². The van der Waals surface area contributed by atoms with Gasteiger partial charge in [0, 0.05) is 18.6 Å². The highest BCUT2D eigenvalue weighted by Gasteiger charge is 2.16. The van der Waals surface area contributed by atoms with Crippen molar-refractivity contribution in [3.05, 3.63) is 0 Å². The summed E-state index contributed by atoms with van der Waals surface area (Å²) < 4.78 is 0. The van der Waals surface area contributed by atoms with Gasteiger partial charge in [-0.25, -0.2) is 4.79 Å². The molecule has 3 N–H and O–H groups in total. The zero-order valence-corrected chi connectivity index (χ0v) is 11.3. The minimum absolute atomic E-state index is 0.0257. The van der Waals surface area contributed by atoms with Crippen LogP contribution in [0.1, 0.15) is 57.8 Å². The Bertz CT molecular complexity index is 245. The van der Waals surface area contributed by atoms with Gasteiger partial charge in [-0.1, -0.05) is 25.7 Å². The summed E-state index contributed by atoms with van der Waals surface area (Å²) in [5, 5.41) is 9.58. The summed E-state index contributed by atoms with van der Waals surface area (Å²) >= 11 is 0. The van der Waals surface area contributed by atoms with Crippen LogP contribution < -0.4 is 16.0 Å². The highest BCUT2D eigenvalue weighted by Crippen LogP contribution is 2.17. The van der Waals surface area contributed by atoms with Crippen molar-refractivity contribution in [3.63, 3.8) is 0 Å². The van der Waals surface area contributed by atoms with E-state index in [1.54, 1.807) is 0 Å². The molecule has 1 unspecified atom stereocenters. The Kier molecular flexibility index (Phi) is 5.78. The number of hydrogen-bond acceptors (Lipinski definition) is 2. The molecule has 1 aliphatic carbocycles. The lowest BCUT2D eigenvalue weighted by molar-refractivity contribution is 0.231. The van der Waals surface area contributed by atoms with E-state index in [1.807, 2.05) is 0 Å². The van der Waals surface area contributed by atoms with Crippen molar-refractivity contribution < 1.29 is 4.79 Å². The Morgan fingerprint density at radius 3 is 2.56 bits per heavy atom. The summed E-state index contributed by atoms with van der Waals surface area (Å²) in [5.41, 5.74) is 0. The maximum absolute atomic E-state index is 11.7. The summed E-state index contributed by atoms with van der Waals surface area (Å²) in [7, 11) is 0. The molecule has 4 nitrogen and oxygen atoms in total. The first-order valence-electron chi connectivity index (χ1n) is 7.62. The number of amides is 2. The molecule has 0 aromatic rings. The number of nitrogens with one attached hydrogen (secondary N) is 3. The molecule has 0 radical (unpaired) electrons. The molecule has 18 heavy (non-hydrogen) atoms. The molecule has 4 heteroatoms. The van der Waals surface area contributed by atoms with Crippen LogP contribution in [-0.4, -0.2) is 31.2 Å². The molecule has 2 amide bonds. The molecule has 2 aliphatic rings. The van der Waals surface area contributed by atoms with Gasteiger partial charge >= 0.3 is 6.03 Å². The van der Waals surface area contributed by atoms with Crippen molar-refractivity contribution >= 4 is 6.03 Å². The summed E-state index contributed by atoms with van der Waals surface area (Å²) in [4.78, 5) is 11.7. The fraction of sp³-hybridized carbons (Fsp3) is 0.929. The molecule has 0 bridgehead atoms. The fourth-order valence-electron chi connectivity index (χ4n) is 3.01. The molecule has 2 rings (SSSR count). The molecule has 1 atom stereocenters. The SMILES string of the molecule is O=C(NCCC1CCCCN1)NC1CCCCC1. The Balaban J connectivity index is 1.53. The number of urea groups is 1. The van der Waals surface area contributed by atoms with E-state index in [1.165, 1.54) is 38.5 Å². The number of carbonyl (C=O) groups is 1. The van der Waals surface area contributed by atoms with Crippen LogP contribution in [0.4, 0.5) is 4.79 Å². The van der Waals surface area contributed by atoms with E-state index in [0.717, 1.165) is 32.4 Å². The Hall–Kier alpha value is -0.770. The highest BCUT2D eigenvalue weighted by atomic mass is 16.2. The van der Waals surface area contributed by atoms with Crippen LogP contribution in [0, 0.1) is 0 Å². The van der Waals surface area contributed by atoms with E-state index >= 15 is 0 Å². The van der Waals surface area contributed by atoms with Crippen molar-refractivity contribution in [1.82, 2.24) is 16.0 Å². The van der Waals surface area contributed by atoms with Gasteiger partial charge in [-0.2, -0.15) is 0 Å². The molecule has 1 saturated heterocycles. The molecular weight excluding hydrogens is 226 g/mol. The molecule has 1 aliphatic heterocycles. The van der Waals surface area contributed by atoms with Gasteiger partial charge in [0.2, 0.25) is 0 Å². The van der Waals surface area contributed by atoms with Crippen molar-refractivity contribution in [2.75, 3.05) is 13.1 Å². The smallest absolute Gasteiger partial charge is 0.315 e. The molecule has 104 valence electrons. The standard InChI is InChI=1S/C14H27N3O/c18-14(17-13-7-2-1-3-8-13)16-11-9-12-6-4-5-10-15-12/h12-13,15H,1-11H2,(H2,16,17,18). The molecule has 1 heterocycles. The average Bonchev–Trinajstić information content (AvgIpc) is 2.41. The average molecular weight is 253 g/mol. The number of hydrogen-bond donors (Lipinski definition) is 3. The zero-order chi connectivity index (χ0) is 12.6. The van der Waals surface area contributed by atoms with Gasteiger partial charge in [0.1, 0.15) is 0 Å². The van der Waals surface area contributed by atoms with Gasteiger partial charge in [-0.15, -0.1) is 0 Å². The van der Waals surface area contributed by atoms with Crippen LogP contribution in [0.2, 0.25) is 0 Å². The quantitative estimate of drug-likeness (QED) is 0.719. The Morgan fingerprint density at radius 1 is 1.06 bits per heavy atom. The second-order valence-corrected chi connectivity index (χ2v) is 5.67. The molecule has 0 spiro atoms. The predicted molar refractivity (Wildman–Crippen MR) is 73.7 cm³/mol. The Labute approximate surface area is 110 Å². The van der Waals surface area contributed by atoms with Crippen LogP contribution >= 0.6 is 0 Å². The van der Waals surface area contributed by atoms with Gasteiger partial charge in [0.15, 0.2) is 0 Å². The zero-order valence-electron chi connectivity index (χ0n) is 11.3. The summed E-state index contributed by atoms with van der Waals surface area (Å²) in [5.74, 6) is 0. The summed E-state index contributed by atoms with van der Waals surface area (Å²) in [6.07, 6.45) is 11.1. The number of carbonyl (C=O) groups excluding carboxylic acids is 1. The van der Waals surface area contributed by atoms with Crippen LogP contribution in [-0.2, 0) is 0 Å². The third kappa shape index (κ3) is 4.84. The summed E-state index contributed by atoms with van der Waals surface area (Å²) in [6, 6.07) is 1.04. The van der Waals surface area contributed by atoms with Gasteiger partial charge in [-0.3, -0.25) is 0 Å². The number of rotatable bonds is 4. The first-order chi connectivity index (χ1) is 8.84. The fourth-order valence-corrected chi connectivity index (χ4v) is 3.01. The topological polar surface area (TPSA) is 53.2 Å². The van der Waals surface area contributed by atoms with Crippen molar-refractivity contribution in [3.8, 4) is 0 Å². The van der Waals surface area contributed by atoms with Gasteiger partial charge in [-0.05, 0) is 38.6 Å². The lowest BCUT2D eigenvalue weighted by atomic mass is 9.96.